The predicted molar refractivity (Wildman–Crippen MR) is 59.9 cm³/mol. The van der Waals surface area contributed by atoms with Crippen molar-refractivity contribution in [1.29, 1.82) is 0 Å². The quantitative estimate of drug-likeness (QED) is 0.772. The largest absolute Gasteiger partial charge is 0.370 e. The van der Waals surface area contributed by atoms with E-state index in [1.165, 1.54) is 18.2 Å². The van der Waals surface area contributed by atoms with E-state index in [9.17, 15) is 9.18 Å². The number of nitrogens with two attached hydrogens (primary N) is 1. The van der Waals surface area contributed by atoms with E-state index < -0.39 is 11.7 Å². The van der Waals surface area contributed by atoms with Gasteiger partial charge in [0.15, 0.2) is 0 Å². The summed E-state index contributed by atoms with van der Waals surface area (Å²) in [4.78, 5) is 11.3. The number of benzene rings is 1. The fourth-order valence-corrected chi connectivity index (χ4v) is 1.25. The molecular weight excluding hydrogens is 235 g/mol. The SMILES string of the molecule is NCCOCC(=O)Nc1c(F)cccc1Cl. The van der Waals surface area contributed by atoms with Crippen molar-refractivity contribution in [2.45, 2.75) is 0 Å². The Morgan fingerprint density at radius 1 is 1.56 bits per heavy atom. The molecule has 1 aromatic rings. The summed E-state index contributed by atoms with van der Waals surface area (Å²) in [5, 5.41) is 2.47. The lowest BCUT2D eigenvalue weighted by Gasteiger charge is -2.08. The van der Waals surface area contributed by atoms with Crippen molar-refractivity contribution in [2.75, 3.05) is 25.1 Å². The van der Waals surface area contributed by atoms with Crippen molar-refractivity contribution < 1.29 is 13.9 Å². The molecule has 0 aliphatic carbocycles. The normalized spacial score (nSPS) is 10.2. The number of hydrogen-bond acceptors (Lipinski definition) is 3. The Hall–Kier alpha value is -1.17. The number of halogens is 2. The van der Waals surface area contributed by atoms with Gasteiger partial charge < -0.3 is 15.8 Å². The molecule has 1 aromatic carbocycles. The van der Waals surface area contributed by atoms with Gasteiger partial charge in [-0.1, -0.05) is 17.7 Å². The first-order valence-corrected chi connectivity index (χ1v) is 5.04. The molecule has 0 aromatic heterocycles. The number of anilines is 1. The molecule has 4 nitrogen and oxygen atoms in total. The van der Waals surface area contributed by atoms with Gasteiger partial charge in [-0.15, -0.1) is 0 Å². The molecule has 0 saturated carbocycles. The molecule has 3 N–H and O–H groups in total. The lowest BCUT2D eigenvalue weighted by Crippen LogP contribution is -2.21. The Morgan fingerprint density at radius 3 is 2.94 bits per heavy atom. The van der Waals surface area contributed by atoms with E-state index in [1.54, 1.807) is 0 Å². The summed E-state index contributed by atoms with van der Waals surface area (Å²) in [6.07, 6.45) is 0. The van der Waals surface area contributed by atoms with Crippen LogP contribution in [0.4, 0.5) is 10.1 Å². The van der Waals surface area contributed by atoms with Crippen LogP contribution in [0.3, 0.4) is 0 Å². The summed E-state index contributed by atoms with van der Waals surface area (Å²) >= 11 is 5.72. The Balaban J connectivity index is 2.56. The van der Waals surface area contributed by atoms with Gasteiger partial charge in [0, 0.05) is 6.54 Å². The Kier molecular flexibility index (Phi) is 5.18. The maximum Gasteiger partial charge on any atom is 0.250 e. The Bertz CT molecular complexity index is 354. The summed E-state index contributed by atoms with van der Waals surface area (Å²) in [6.45, 7) is 0.425. The van der Waals surface area contributed by atoms with Crippen LogP contribution in [0.15, 0.2) is 18.2 Å². The highest BCUT2D eigenvalue weighted by Gasteiger charge is 2.10. The molecule has 0 heterocycles. The molecule has 0 aliphatic heterocycles. The third-order valence-corrected chi connectivity index (χ3v) is 2.04. The Morgan fingerprint density at radius 2 is 2.31 bits per heavy atom. The van der Waals surface area contributed by atoms with Gasteiger partial charge in [0.05, 0.1) is 17.3 Å². The average molecular weight is 247 g/mol. The van der Waals surface area contributed by atoms with Gasteiger partial charge in [-0.25, -0.2) is 4.39 Å². The van der Waals surface area contributed by atoms with Gasteiger partial charge in [-0.2, -0.15) is 0 Å². The van der Waals surface area contributed by atoms with Crippen molar-refractivity contribution in [3.63, 3.8) is 0 Å². The second kappa shape index (κ2) is 6.42. The summed E-state index contributed by atoms with van der Waals surface area (Å²) in [5.41, 5.74) is 5.14. The van der Waals surface area contributed by atoms with Gasteiger partial charge >= 0.3 is 0 Å². The molecule has 1 rings (SSSR count). The van der Waals surface area contributed by atoms with Crippen LogP contribution in [0, 0.1) is 5.82 Å². The minimum absolute atomic E-state index is 0.0366. The van der Waals surface area contributed by atoms with Gasteiger partial charge in [-0.05, 0) is 12.1 Å². The van der Waals surface area contributed by atoms with E-state index in [1.807, 2.05) is 0 Å². The van der Waals surface area contributed by atoms with Crippen molar-refractivity contribution in [2.24, 2.45) is 5.73 Å². The topological polar surface area (TPSA) is 64.3 Å². The highest BCUT2D eigenvalue weighted by atomic mass is 35.5. The van der Waals surface area contributed by atoms with Crippen LogP contribution in [-0.2, 0) is 9.53 Å². The number of para-hydroxylation sites is 1. The first kappa shape index (κ1) is 12.9. The number of rotatable bonds is 5. The summed E-state index contributed by atoms with van der Waals surface area (Å²) in [6, 6.07) is 4.15. The van der Waals surface area contributed by atoms with Crippen LogP contribution in [0.1, 0.15) is 0 Å². The van der Waals surface area contributed by atoms with Gasteiger partial charge in [0.2, 0.25) is 5.91 Å². The number of nitrogens with one attached hydrogen (secondary N) is 1. The molecule has 6 heteroatoms. The zero-order chi connectivity index (χ0) is 12.0. The molecular formula is C10H12ClFN2O2. The number of carbonyl (C=O) groups excluding carboxylic acids is 1. The molecule has 16 heavy (non-hydrogen) atoms. The van der Waals surface area contributed by atoms with Crippen molar-refractivity contribution in [1.82, 2.24) is 0 Å². The van der Waals surface area contributed by atoms with Crippen molar-refractivity contribution >= 4 is 23.2 Å². The standard InChI is InChI=1S/C10H12ClFN2O2/c11-7-2-1-3-8(12)10(7)14-9(15)6-16-5-4-13/h1-3H,4-6,13H2,(H,14,15). The molecule has 0 fully saturated rings. The third kappa shape index (κ3) is 3.77. The van der Waals surface area contributed by atoms with E-state index >= 15 is 0 Å². The second-order valence-corrected chi connectivity index (χ2v) is 3.39. The number of ether oxygens (including phenoxy) is 1. The minimum atomic E-state index is -0.584. The molecule has 0 radical (unpaired) electrons. The molecule has 1 amide bonds. The maximum absolute atomic E-state index is 13.2. The second-order valence-electron chi connectivity index (χ2n) is 2.99. The summed E-state index contributed by atoms with van der Waals surface area (Å²) in [7, 11) is 0. The zero-order valence-electron chi connectivity index (χ0n) is 8.50. The molecule has 88 valence electrons. The fourth-order valence-electron chi connectivity index (χ4n) is 1.04. The lowest BCUT2D eigenvalue weighted by molar-refractivity contribution is -0.120. The predicted octanol–water partition coefficient (Wildman–Crippen LogP) is 1.39. The summed E-state index contributed by atoms with van der Waals surface area (Å²) in [5.74, 6) is -1.06. The van der Waals surface area contributed by atoms with Crippen molar-refractivity contribution in [3.05, 3.63) is 29.0 Å². The summed E-state index contributed by atoms with van der Waals surface area (Å²) < 4.78 is 18.1. The van der Waals surface area contributed by atoms with Gasteiger partial charge in [-0.3, -0.25) is 4.79 Å². The van der Waals surface area contributed by atoms with Crippen LogP contribution in [-0.4, -0.2) is 25.7 Å². The molecule has 0 unspecified atom stereocenters. The number of hydrogen-bond donors (Lipinski definition) is 2. The molecule has 0 spiro atoms. The van der Waals surface area contributed by atoms with E-state index in [0.717, 1.165) is 0 Å². The minimum Gasteiger partial charge on any atom is -0.370 e. The first-order valence-electron chi connectivity index (χ1n) is 4.67. The maximum atomic E-state index is 13.2. The van der Waals surface area contributed by atoms with Crippen LogP contribution in [0.25, 0.3) is 0 Å². The number of amides is 1. The highest BCUT2D eigenvalue weighted by molar-refractivity contribution is 6.33. The van der Waals surface area contributed by atoms with Gasteiger partial charge in [0.25, 0.3) is 0 Å². The van der Waals surface area contributed by atoms with E-state index in [0.29, 0.717) is 6.54 Å². The molecule has 0 saturated heterocycles. The van der Waals surface area contributed by atoms with Crippen LogP contribution < -0.4 is 11.1 Å². The lowest BCUT2D eigenvalue weighted by atomic mass is 10.3. The number of carbonyl (C=O) groups is 1. The van der Waals surface area contributed by atoms with E-state index in [-0.39, 0.29) is 23.9 Å². The Labute approximate surface area is 97.5 Å². The van der Waals surface area contributed by atoms with Crippen LogP contribution in [0.2, 0.25) is 5.02 Å². The van der Waals surface area contributed by atoms with Crippen LogP contribution >= 0.6 is 11.6 Å². The average Bonchev–Trinajstić information content (AvgIpc) is 2.24. The molecule has 0 bridgehead atoms. The fraction of sp³-hybridized carbons (Fsp3) is 0.300. The van der Waals surface area contributed by atoms with Crippen molar-refractivity contribution in [3.8, 4) is 0 Å². The van der Waals surface area contributed by atoms with Crippen LogP contribution in [0.5, 0.6) is 0 Å². The van der Waals surface area contributed by atoms with E-state index in [2.05, 4.69) is 5.32 Å². The molecule has 0 atom stereocenters. The smallest absolute Gasteiger partial charge is 0.250 e. The van der Waals surface area contributed by atoms with Gasteiger partial charge in [0.1, 0.15) is 12.4 Å². The first-order chi connectivity index (χ1) is 7.65. The molecule has 0 aliphatic rings. The monoisotopic (exact) mass is 246 g/mol. The van der Waals surface area contributed by atoms with E-state index in [4.69, 9.17) is 22.1 Å². The third-order valence-electron chi connectivity index (χ3n) is 1.72. The highest BCUT2D eigenvalue weighted by Crippen LogP contribution is 2.24. The zero-order valence-corrected chi connectivity index (χ0v) is 9.26.